The van der Waals surface area contributed by atoms with Gasteiger partial charge in [0.15, 0.2) is 0 Å². The van der Waals surface area contributed by atoms with Gasteiger partial charge in [0.05, 0.1) is 11.7 Å². The molecule has 2 aromatic heterocycles. The highest BCUT2D eigenvalue weighted by atomic mass is 16.3. The monoisotopic (exact) mass is 378 g/mol. The Morgan fingerprint density at radius 3 is 2.75 bits per heavy atom. The molecule has 6 heteroatoms. The third kappa shape index (κ3) is 4.40. The fraction of sp³-hybridized carbons (Fsp3) is 0.364. The Morgan fingerprint density at radius 2 is 1.96 bits per heavy atom. The first-order valence-corrected chi connectivity index (χ1v) is 9.85. The van der Waals surface area contributed by atoms with Crippen LogP contribution in [0, 0.1) is 5.92 Å². The van der Waals surface area contributed by atoms with Crippen LogP contribution in [0.25, 0.3) is 5.65 Å². The Morgan fingerprint density at radius 1 is 1.18 bits per heavy atom. The molecule has 1 fully saturated rings. The van der Waals surface area contributed by atoms with Crippen molar-refractivity contribution in [1.82, 2.24) is 19.6 Å². The lowest BCUT2D eigenvalue weighted by molar-refractivity contribution is 0.0852. The number of benzene rings is 1. The van der Waals surface area contributed by atoms with Crippen LogP contribution in [0.5, 0.6) is 0 Å². The maximum Gasteiger partial charge on any atom is 0.252 e. The van der Waals surface area contributed by atoms with E-state index in [0.717, 1.165) is 37.1 Å². The number of carbonyl (C=O) groups excluding carboxylic acids is 1. The fourth-order valence-electron chi connectivity index (χ4n) is 3.79. The van der Waals surface area contributed by atoms with Crippen molar-refractivity contribution in [3.8, 4) is 0 Å². The number of aliphatic hydroxyl groups excluding tert-OH is 1. The Bertz CT molecular complexity index is 916. The first kappa shape index (κ1) is 18.7. The van der Waals surface area contributed by atoms with Gasteiger partial charge in [-0.05, 0) is 49.5 Å². The summed E-state index contributed by atoms with van der Waals surface area (Å²) in [6, 6.07) is 13.5. The third-order valence-electron chi connectivity index (χ3n) is 5.52. The number of nitrogens with zero attached hydrogens (tertiary/aromatic N) is 3. The molecule has 3 aromatic rings. The molecule has 0 radical (unpaired) electrons. The van der Waals surface area contributed by atoms with Gasteiger partial charge in [-0.2, -0.15) is 0 Å². The van der Waals surface area contributed by atoms with E-state index in [1.807, 2.05) is 59.3 Å². The average Bonchev–Trinajstić information content (AvgIpc) is 3.21. The SMILES string of the molecule is O=C(NCC1CCN(CC(O)c2ccccc2)CC1)c1ccc2nccn2c1. The molecule has 1 aliphatic heterocycles. The number of carbonyl (C=O) groups is 1. The summed E-state index contributed by atoms with van der Waals surface area (Å²) in [5, 5.41) is 13.5. The zero-order valence-electron chi connectivity index (χ0n) is 15.9. The third-order valence-corrected chi connectivity index (χ3v) is 5.52. The highest BCUT2D eigenvalue weighted by molar-refractivity contribution is 5.94. The molecular weight excluding hydrogens is 352 g/mol. The molecule has 0 aliphatic carbocycles. The van der Waals surface area contributed by atoms with Crippen molar-refractivity contribution in [3.05, 3.63) is 72.2 Å². The molecule has 3 heterocycles. The molecule has 28 heavy (non-hydrogen) atoms. The van der Waals surface area contributed by atoms with Crippen molar-refractivity contribution >= 4 is 11.6 Å². The number of rotatable bonds is 6. The molecule has 6 nitrogen and oxygen atoms in total. The molecule has 1 aromatic carbocycles. The van der Waals surface area contributed by atoms with Gasteiger partial charge in [-0.1, -0.05) is 30.3 Å². The summed E-state index contributed by atoms with van der Waals surface area (Å²) in [5.74, 6) is 0.434. The summed E-state index contributed by atoms with van der Waals surface area (Å²) in [4.78, 5) is 18.9. The van der Waals surface area contributed by atoms with Crippen LogP contribution in [0.1, 0.15) is 34.9 Å². The number of aliphatic hydroxyl groups is 1. The summed E-state index contributed by atoms with van der Waals surface area (Å²) in [5.41, 5.74) is 2.45. The lowest BCUT2D eigenvalue weighted by atomic mass is 9.96. The van der Waals surface area contributed by atoms with Gasteiger partial charge < -0.3 is 19.7 Å². The largest absolute Gasteiger partial charge is 0.387 e. The summed E-state index contributed by atoms with van der Waals surface area (Å²) >= 11 is 0. The van der Waals surface area contributed by atoms with Gasteiger partial charge in [-0.3, -0.25) is 4.79 Å². The highest BCUT2D eigenvalue weighted by Crippen LogP contribution is 2.20. The Labute approximate surface area is 164 Å². The fourth-order valence-corrected chi connectivity index (χ4v) is 3.79. The second-order valence-electron chi connectivity index (χ2n) is 7.49. The quantitative estimate of drug-likeness (QED) is 0.692. The zero-order chi connectivity index (χ0) is 19.3. The van der Waals surface area contributed by atoms with Crippen LogP contribution in [0.2, 0.25) is 0 Å². The predicted octanol–water partition coefficient (Wildman–Crippen LogP) is 2.51. The molecule has 4 rings (SSSR count). The van der Waals surface area contributed by atoms with Crippen LogP contribution < -0.4 is 5.32 Å². The molecule has 0 spiro atoms. The van der Waals surface area contributed by atoms with Crippen molar-refractivity contribution in [2.24, 2.45) is 5.92 Å². The molecule has 1 aliphatic rings. The molecule has 1 atom stereocenters. The Kier molecular flexibility index (Phi) is 5.69. The number of fused-ring (bicyclic) bond motifs is 1. The minimum atomic E-state index is -0.449. The van der Waals surface area contributed by atoms with E-state index in [0.29, 0.717) is 24.6 Å². The van der Waals surface area contributed by atoms with E-state index in [2.05, 4.69) is 15.2 Å². The van der Waals surface area contributed by atoms with Gasteiger partial charge in [0, 0.05) is 31.7 Å². The summed E-state index contributed by atoms with van der Waals surface area (Å²) in [7, 11) is 0. The van der Waals surface area contributed by atoms with Crippen molar-refractivity contribution in [3.63, 3.8) is 0 Å². The summed E-state index contributed by atoms with van der Waals surface area (Å²) < 4.78 is 1.85. The highest BCUT2D eigenvalue weighted by Gasteiger charge is 2.22. The van der Waals surface area contributed by atoms with Crippen LogP contribution in [0.3, 0.4) is 0 Å². The second kappa shape index (κ2) is 8.54. The number of hydrogen-bond acceptors (Lipinski definition) is 4. The molecule has 1 amide bonds. The van der Waals surface area contributed by atoms with Gasteiger partial charge in [0.2, 0.25) is 0 Å². The lowest BCUT2D eigenvalue weighted by Gasteiger charge is -2.33. The normalized spacial score (nSPS) is 16.9. The van der Waals surface area contributed by atoms with Gasteiger partial charge >= 0.3 is 0 Å². The predicted molar refractivity (Wildman–Crippen MR) is 108 cm³/mol. The van der Waals surface area contributed by atoms with Crippen molar-refractivity contribution < 1.29 is 9.90 Å². The number of pyridine rings is 1. The second-order valence-corrected chi connectivity index (χ2v) is 7.49. The van der Waals surface area contributed by atoms with Crippen molar-refractivity contribution in [2.75, 3.05) is 26.2 Å². The topological polar surface area (TPSA) is 69.9 Å². The van der Waals surface area contributed by atoms with Crippen LogP contribution in [0.15, 0.2) is 61.1 Å². The number of likely N-dealkylation sites (tertiary alicyclic amines) is 1. The van der Waals surface area contributed by atoms with E-state index >= 15 is 0 Å². The molecule has 2 N–H and O–H groups in total. The van der Waals surface area contributed by atoms with E-state index in [1.54, 1.807) is 6.20 Å². The van der Waals surface area contributed by atoms with Gasteiger partial charge in [-0.25, -0.2) is 4.98 Å². The molecule has 0 saturated carbocycles. The standard InChI is InChI=1S/C22H26N4O2/c27-20(18-4-2-1-3-5-18)16-25-11-8-17(9-12-25)14-24-22(28)19-6-7-21-23-10-13-26(21)15-19/h1-7,10,13,15,17,20,27H,8-9,11-12,14,16H2,(H,24,28). The molecular formula is C22H26N4O2. The van der Waals surface area contributed by atoms with E-state index in [1.165, 1.54) is 0 Å². The summed E-state index contributed by atoms with van der Waals surface area (Å²) in [6.45, 7) is 3.25. The number of amides is 1. The molecule has 0 bridgehead atoms. The maximum absolute atomic E-state index is 12.4. The van der Waals surface area contributed by atoms with Gasteiger partial charge in [0.25, 0.3) is 5.91 Å². The molecule has 146 valence electrons. The van der Waals surface area contributed by atoms with E-state index < -0.39 is 6.10 Å². The van der Waals surface area contributed by atoms with Gasteiger partial charge in [0.1, 0.15) is 5.65 Å². The first-order chi connectivity index (χ1) is 13.7. The Hall–Kier alpha value is -2.70. The zero-order valence-corrected chi connectivity index (χ0v) is 15.9. The number of β-amino-alcohol motifs (C(OH)–C–C–N with tert-alkyl or cyclic N) is 1. The van der Waals surface area contributed by atoms with Crippen LogP contribution in [-0.2, 0) is 0 Å². The van der Waals surface area contributed by atoms with E-state index in [-0.39, 0.29) is 5.91 Å². The minimum Gasteiger partial charge on any atom is -0.387 e. The van der Waals surface area contributed by atoms with E-state index in [9.17, 15) is 9.90 Å². The number of aromatic nitrogens is 2. The Balaban J connectivity index is 1.22. The van der Waals surface area contributed by atoms with Crippen LogP contribution in [-0.4, -0.2) is 51.5 Å². The minimum absolute atomic E-state index is 0.0440. The molecule has 1 unspecified atom stereocenters. The number of piperidine rings is 1. The maximum atomic E-state index is 12.4. The van der Waals surface area contributed by atoms with Crippen LogP contribution in [0.4, 0.5) is 0 Å². The van der Waals surface area contributed by atoms with Crippen molar-refractivity contribution in [2.45, 2.75) is 18.9 Å². The van der Waals surface area contributed by atoms with Crippen molar-refractivity contribution in [1.29, 1.82) is 0 Å². The number of imidazole rings is 1. The van der Waals surface area contributed by atoms with Gasteiger partial charge in [-0.15, -0.1) is 0 Å². The average molecular weight is 378 g/mol. The number of nitrogens with one attached hydrogen (secondary N) is 1. The lowest BCUT2D eigenvalue weighted by Crippen LogP contribution is -2.40. The summed E-state index contributed by atoms with van der Waals surface area (Å²) in [6.07, 6.45) is 6.98. The van der Waals surface area contributed by atoms with E-state index in [4.69, 9.17) is 0 Å². The smallest absolute Gasteiger partial charge is 0.252 e. The molecule has 1 saturated heterocycles. The number of hydrogen-bond donors (Lipinski definition) is 2. The first-order valence-electron chi connectivity index (χ1n) is 9.85. The van der Waals surface area contributed by atoms with Crippen LogP contribution >= 0.6 is 0 Å².